The van der Waals surface area contributed by atoms with Crippen LogP contribution in [0.3, 0.4) is 0 Å². The Morgan fingerprint density at radius 2 is 1.86 bits per heavy atom. The van der Waals surface area contributed by atoms with Crippen molar-refractivity contribution in [2.24, 2.45) is 17.6 Å². The van der Waals surface area contributed by atoms with Gasteiger partial charge < -0.3 is 5.73 Å². The Balaban J connectivity index is 1.35. The second-order valence-electron chi connectivity index (χ2n) is 8.34. The number of carbonyl (C=O) groups excluding carboxylic acids is 4. The highest BCUT2D eigenvalue weighted by atomic mass is 16.2. The van der Waals surface area contributed by atoms with E-state index < -0.39 is 23.8 Å². The van der Waals surface area contributed by atoms with Crippen molar-refractivity contribution < 1.29 is 19.2 Å². The molecule has 146 valence electrons. The van der Waals surface area contributed by atoms with Crippen molar-refractivity contribution in [3.63, 3.8) is 0 Å². The lowest BCUT2D eigenvalue weighted by molar-refractivity contribution is -0.136. The van der Waals surface area contributed by atoms with Gasteiger partial charge in [-0.2, -0.15) is 0 Å². The summed E-state index contributed by atoms with van der Waals surface area (Å²) in [5.74, 6) is -0.553. The molecule has 1 unspecified atom stereocenters. The maximum atomic E-state index is 12.9. The molecule has 28 heavy (non-hydrogen) atoms. The SMILES string of the molecule is N[C@H]1CN(Cc2ccc3c(c2)C(=O)N(C2CCC(=O)NC2=O)C3=O)C[C@@H]2C[C@@H]21. The molecule has 4 amide bonds. The van der Waals surface area contributed by atoms with Crippen LogP contribution in [0, 0.1) is 11.8 Å². The number of imide groups is 2. The third kappa shape index (κ3) is 2.75. The van der Waals surface area contributed by atoms with Gasteiger partial charge >= 0.3 is 0 Å². The summed E-state index contributed by atoms with van der Waals surface area (Å²) in [4.78, 5) is 52.4. The van der Waals surface area contributed by atoms with Crippen LogP contribution in [0.2, 0.25) is 0 Å². The third-order valence-electron chi connectivity index (χ3n) is 6.40. The quantitative estimate of drug-likeness (QED) is 0.704. The lowest BCUT2D eigenvalue weighted by Crippen LogP contribution is -2.54. The number of nitrogens with zero attached hydrogens (tertiary/aromatic N) is 2. The Morgan fingerprint density at radius 3 is 2.61 bits per heavy atom. The van der Waals surface area contributed by atoms with Gasteiger partial charge in [-0.25, -0.2) is 0 Å². The van der Waals surface area contributed by atoms with E-state index >= 15 is 0 Å². The number of benzene rings is 1. The minimum atomic E-state index is -0.930. The Bertz CT molecular complexity index is 913. The highest BCUT2D eigenvalue weighted by molar-refractivity contribution is 6.23. The average Bonchev–Trinajstić information content (AvgIpc) is 3.39. The molecular weight excluding hydrogens is 360 g/mol. The van der Waals surface area contributed by atoms with E-state index in [0.717, 1.165) is 23.6 Å². The molecule has 3 heterocycles. The van der Waals surface area contributed by atoms with Gasteiger partial charge in [-0.15, -0.1) is 0 Å². The summed E-state index contributed by atoms with van der Waals surface area (Å²) in [5, 5.41) is 2.21. The number of carbonyl (C=O) groups is 4. The summed E-state index contributed by atoms with van der Waals surface area (Å²) in [6.45, 7) is 2.54. The molecule has 3 fully saturated rings. The topological polar surface area (TPSA) is 113 Å². The Hall–Kier alpha value is -2.58. The predicted molar refractivity (Wildman–Crippen MR) is 98.0 cm³/mol. The monoisotopic (exact) mass is 382 g/mol. The normalized spacial score (nSPS) is 32.2. The summed E-state index contributed by atoms with van der Waals surface area (Å²) < 4.78 is 0. The Kier molecular flexibility index (Phi) is 3.89. The molecule has 0 aromatic heterocycles. The smallest absolute Gasteiger partial charge is 0.262 e. The molecular formula is C20H22N4O4. The number of hydrogen-bond acceptors (Lipinski definition) is 6. The molecule has 8 nitrogen and oxygen atoms in total. The van der Waals surface area contributed by atoms with Crippen molar-refractivity contribution >= 4 is 23.6 Å². The summed E-state index contributed by atoms with van der Waals surface area (Å²) in [6.07, 6.45) is 1.49. The summed E-state index contributed by atoms with van der Waals surface area (Å²) in [6, 6.07) is 4.56. The van der Waals surface area contributed by atoms with E-state index in [4.69, 9.17) is 5.73 Å². The Labute approximate surface area is 162 Å². The molecule has 1 aliphatic carbocycles. The molecule has 1 saturated carbocycles. The zero-order chi connectivity index (χ0) is 19.6. The predicted octanol–water partition coefficient (Wildman–Crippen LogP) is -0.133. The number of piperidine rings is 2. The van der Waals surface area contributed by atoms with Crippen molar-refractivity contribution in [3.05, 3.63) is 34.9 Å². The standard InChI is InChI=1S/C20H22N4O4/c21-15-9-23(8-11-6-13(11)15)7-10-1-2-12-14(5-10)20(28)24(19(12)27)16-3-4-17(25)22-18(16)26/h1-2,5,11,13,15-16H,3-4,6-9,21H2,(H,22,25,26)/t11-,13-,15-,16?/m0/s1. The van der Waals surface area contributed by atoms with Crippen LogP contribution in [-0.2, 0) is 16.1 Å². The molecule has 0 bridgehead atoms. The highest BCUT2D eigenvalue weighted by Gasteiger charge is 2.47. The van der Waals surface area contributed by atoms with Crippen LogP contribution in [0.25, 0.3) is 0 Å². The van der Waals surface area contributed by atoms with E-state index in [0.29, 0.717) is 29.5 Å². The van der Waals surface area contributed by atoms with Crippen LogP contribution in [0.5, 0.6) is 0 Å². The van der Waals surface area contributed by atoms with Gasteiger partial charge in [0.25, 0.3) is 11.8 Å². The van der Waals surface area contributed by atoms with Crippen molar-refractivity contribution in [3.8, 4) is 0 Å². The lowest BCUT2D eigenvalue weighted by atomic mass is 10.0. The van der Waals surface area contributed by atoms with Gasteiger partial charge in [0.15, 0.2) is 0 Å². The fraction of sp³-hybridized carbons (Fsp3) is 0.500. The van der Waals surface area contributed by atoms with Crippen molar-refractivity contribution in [1.82, 2.24) is 15.1 Å². The van der Waals surface area contributed by atoms with Gasteiger partial charge in [-0.3, -0.25) is 34.3 Å². The maximum absolute atomic E-state index is 12.9. The number of likely N-dealkylation sites (tertiary alicyclic amines) is 1. The molecule has 1 aromatic carbocycles. The van der Waals surface area contributed by atoms with E-state index in [1.54, 1.807) is 12.1 Å². The molecule has 2 saturated heterocycles. The van der Waals surface area contributed by atoms with Crippen LogP contribution in [0.15, 0.2) is 18.2 Å². The first kappa shape index (κ1) is 17.5. The van der Waals surface area contributed by atoms with E-state index in [1.807, 2.05) is 6.07 Å². The highest BCUT2D eigenvalue weighted by Crippen LogP contribution is 2.44. The average molecular weight is 382 g/mol. The Morgan fingerprint density at radius 1 is 1.07 bits per heavy atom. The van der Waals surface area contributed by atoms with E-state index in [-0.39, 0.29) is 24.8 Å². The zero-order valence-corrected chi connectivity index (χ0v) is 15.4. The summed E-state index contributed by atoms with van der Waals surface area (Å²) >= 11 is 0. The fourth-order valence-corrected chi connectivity index (χ4v) is 4.85. The van der Waals surface area contributed by atoms with Crippen molar-refractivity contribution in [2.45, 2.75) is 37.9 Å². The number of nitrogens with two attached hydrogens (primary N) is 1. The molecule has 3 N–H and O–H groups in total. The van der Waals surface area contributed by atoms with Crippen LogP contribution < -0.4 is 11.1 Å². The van der Waals surface area contributed by atoms with Gasteiger partial charge in [-0.05, 0) is 42.4 Å². The van der Waals surface area contributed by atoms with Gasteiger partial charge in [0.1, 0.15) is 6.04 Å². The van der Waals surface area contributed by atoms with E-state index in [1.165, 1.54) is 6.42 Å². The van der Waals surface area contributed by atoms with Crippen molar-refractivity contribution in [1.29, 1.82) is 0 Å². The van der Waals surface area contributed by atoms with Crippen LogP contribution in [-0.4, -0.2) is 58.6 Å². The first-order chi connectivity index (χ1) is 13.4. The van der Waals surface area contributed by atoms with Gasteiger partial charge in [-0.1, -0.05) is 6.07 Å². The van der Waals surface area contributed by atoms with E-state index in [2.05, 4.69) is 10.2 Å². The zero-order valence-electron chi connectivity index (χ0n) is 15.4. The van der Waals surface area contributed by atoms with Crippen LogP contribution >= 0.6 is 0 Å². The van der Waals surface area contributed by atoms with Gasteiger partial charge in [0, 0.05) is 32.1 Å². The molecule has 0 spiro atoms. The molecule has 0 radical (unpaired) electrons. The van der Waals surface area contributed by atoms with Crippen molar-refractivity contribution in [2.75, 3.05) is 13.1 Å². The fourth-order valence-electron chi connectivity index (χ4n) is 4.85. The number of amides is 4. The third-order valence-corrected chi connectivity index (χ3v) is 6.40. The second kappa shape index (κ2) is 6.22. The molecule has 1 aromatic rings. The van der Waals surface area contributed by atoms with Gasteiger partial charge in [0.2, 0.25) is 11.8 Å². The molecule has 4 aliphatic rings. The summed E-state index contributed by atoms with van der Waals surface area (Å²) in [7, 11) is 0. The van der Waals surface area contributed by atoms with E-state index in [9.17, 15) is 19.2 Å². The van der Waals surface area contributed by atoms with Crippen LogP contribution in [0.1, 0.15) is 45.5 Å². The first-order valence-electron chi connectivity index (χ1n) is 9.75. The minimum Gasteiger partial charge on any atom is -0.326 e. The van der Waals surface area contributed by atoms with Crippen LogP contribution in [0.4, 0.5) is 0 Å². The summed E-state index contributed by atoms with van der Waals surface area (Å²) in [5.41, 5.74) is 7.81. The number of rotatable bonds is 3. The number of fused-ring (bicyclic) bond motifs is 2. The number of hydrogen-bond donors (Lipinski definition) is 2. The second-order valence-corrected chi connectivity index (χ2v) is 8.34. The largest absolute Gasteiger partial charge is 0.326 e. The molecule has 4 atom stereocenters. The number of nitrogens with one attached hydrogen (secondary N) is 1. The minimum absolute atomic E-state index is 0.117. The molecule has 5 rings (SSSR count). The molecule has 3 aliphatic heterocycles. The first-order valence-corrected chi connectivity index (χ1v) is 9.75. The lowest BCUT2D eigenvalue weighted by Gasteiger charge is -2.30. The molecule has 8 heteroatoms. The van der Waals surface area contributed by atoms with Gasteiger partial charge in [0.05, 0.1) is 11.1 Å². The maximum Gasteiger partial charge on any atom is 0.262 e.